The molecule has 0 heterocycles. The Bertz CT molecular complexity index is 997. The topological polar surface area (TPSA) is 67.8 Å². The number of allylic oxidation sites excluding steroid dienone is 1. The van der Waals surface area contributed by atoms with Crippen LogP contribution in [0.2, 0.25) is 0 Å². The zero-order valence-corrected chi connectivity index (χ0v) is 17.6. The van der Waals surface area contributed by atoms with E-state index in [4.69, 9.17) is 14.7 Å². The summed E-state index contributed by atoms with van der Waals surface area (Å²) in [6.07, 6.45) is 2.55. The number of rotatable bonds is 11. The van der Waals surface area contributed by atoms with Gasteiger partial charge in [0.05, 0.1) is 5.70 Å². The predicted octanol–water partition coefficient (Wildman–Crippen LogP) is 5.33. The minimum absolute atomic E-state index is 0.106. The van der Waals surface area contributed by atoms with Crippen LogP contribution in [0.25, 0.3) is 16.8 Å². The molecule has 160 valence electrons. The molecule has 0 fully saturated rings. The van der Waals surface area contributed by atoms with Crippen LogP contribution in [-0.2, 0) is 16.1 Å². The number of ether oxygens (including phenoxy) is 1. The summed E-state index contributed by atoms with van der Waals surface area (Å²) in [5.74, 6) is -0.102. The Kier molecular flexibility index (Phi) is 8.26. The number of benzene rings is 3. The van der Waals surface area contributed by atoms with Gasteiger partial charge in [0, 0.05) is 6.42 Å². The van der Waals surface area contributed by atoms with Gasteiger partial charge in [-0.2, -0.15) is 0 Å². The molecule has 3 rings (SSSR count). The molecule has 0 spiro atoms. The first-order valence-electron chi connectivity index (χ1n) is 10.3. The van der Waals surface area contributed by atoms with Gasteiger partial charge in [0.15, 0.2) is 0 Å². The van der Waals surface area contributed by atoms with E-state index in [0.29, 0.717) is 25.4 Å². The minimum atomic E-state index is -0.805. The summed E-state index contributed by atoms with van der Waals surface area (Å²) in [6, 6.07) is 26.0. The predicted molar refractivity (Wildman–Crippen MR) is 123 cm³/mol. The standard InChI is InChI=1S/C26H27NO4/c1-2-25(23-14-12-22(13-15-23)21-8-4-3-5-9-21)27-31-18-17-30-24-10-6-7-20(19-24)11-16-26(28)29/h2-10,12-15,19,27H,11,16-18H2,1H3,(H,28,29). The molecule has 5 heteroatoms. The van der Waals surface area contributed by atoms with Crippen LogP contribution >= 0.6 is 0 Å². The van der Waals surface area contributed by atoms with Crippen LogP contribution in [0.15, 0.2) is 84.9 Å². The summed E-state index contributed by atoms with van der Waals surface area (Å²) < 4.78 is 5.71. The molecule has 0 aliphatic carbocycles. The highest BCUT2D eigenvalue weighted by Gasteiger charge is 2.04. The number of hydrogen-bond donors (Lipinski definition) is 2. The number of carboxylic acids is 1. The fraction of sp³-hybridized carbons (Fsp3) is 0.192. The maximum Gasteiger partial charge on any atom is 0.303 e. The number of nitrogens with one attached hydrogen (secondary N) is 1. The van der Waals surface area contributed by atoms with Gasteiger partial charge in [-0.15, -0.1) is 0 Å². The summed E-state index contributed by atoms with van der Waals surface area (Å²) in [7, 11) is 0. The van der Waals surface area contributed by atoms with Crippen molar-refractivity contribution in [3.8, 4) is 16.9 Å². The second-order valence-electron chi connectivity index (χ2n) is 6.99. The van der Waals surface area contributed by atoms with E-state index in [1.807, 2.05) is 55.5 Å². The van der Waals surface area contributed by atoms with Crippen molar-refractivity contribution in [1.29, 1.82) is 0 Å². The number of aryl methyl sites for hydroxylation is 1. The second kappa shape index (κ2) is 11.6. The zero-order valence-electron chi connectivity index (χ0n) is 17.6. The number of aliphatic carboxylic acids is 1. The van der Waals surface area contributed by atoms with Crippen molar-refractivity contribution in [3.63, 3.8) is 0 Å². The number of hydroxylamine groups is 1. The first kappa shape index (κ1) is 22.1. The monoisotopic (exact) mass is 417 g/mol. The van der Waals surface area contributed by atoms with Crippen LogP contribution in [0.3, 0.4) is 0 Å². The van der Waals surface area contributed by atoms with Gasteiger partial charge in [0.25, 0.3) is 0 Å². The van der Waals surface area contributed by atoms with E-state index in [1.54, 1.807) is 0 Å². The molecule has 0 bridgehead atoms. The summed E-state index contributed by atoms with van der Waals surface area (Å²) in [6.45, 7) is 2.69. The molecule has 0 atom stereocenters. The molecule has 0 aromatic heterocycles. The first-order chi connectivity index (χ1) is 15.2. The normalized spacial score (nSPS) is 11.2. The third-order valence-electron chi connectivity index (χ3n) is 4.75. The Labute approximate surface area is 182 Å². The van der Waals surface area contributed by atoms with E-state index in [2.05, 4.69) is 41.9 Å². The lowest BCUT2D eigenvalue weighted by Gasteiger charge is -2.13. The zero-order chi connectivity index (χ0) is 21.9. The molecule has 3 aromatic carbocycles. The summed E-state index contributed by atoms with van der Waals surface area (Å²) in [5.41, 5.74) is 8.20. The lowest BCUT2D eigenvalue weighted by Crippen LogP contribution is -2.17. The highest BCUT2D eigenvalue weighted by molar-refractivity contribution is 5.69. The van der Waals surface area contributed by atoms with Crippen molar-refractivity contribution in [2.45, 2.75) is 19.8 Å². The highest BCUT2D eigenvalue weighted by atomic mass is 16.7. The highest BCUT2D eigenvalue weighted by Crippen LogP contribution is 2.21. The van der Waals surface area contributed by atoms with E-state index < -0.39 is 5.97 Å². The SMILES string of the molecule is CC=C(NOCCOc1cccc(CCC(=O)O)c1)c1ccc(-c2ccccc2)cc1. The molecule has 0 unspecified atom stereocenters. The summed E-state index contributed by atoms with van der Waals surface area (Å²) in [4.78, 5) is 16.3. The van der Waals surface area contributed by atoms with E-state index >= 15 is 0 Å². The van der Waals surface area contributed by atoms with Crippen LogP contribution in [0.5, 0.6) is 5.75 Å². The first-order valence-corrected chi connectivity index (χ1v) is 10.3. The largest absolute Gasteiger partial charge is 0.491 e. The minimum Gasteiger partial charge on any atom is -0.491 e. The maximum atomic E-state index is 10.7. The fourth-order valence-corrected chi connectivity index (χ4v) is 3.13. The molecule has 2 N–H and O–H groups in total. The molecule has 0 radical (unpaired) electrons. The Morgan fingerprint density at radius 2 is 1.68 bits per heavy atom. The lowest BCUT2D eigenvalue weighted by molar-refractivity contribution is -0.136. The van der Waals surface area contributed by atoms with Gasteiger partial charge in [0.1, 0.15) is 19.0 Å². The van der Waals surface area contributed by atoms with E-state index in [9.17, 15) is 4.79 Å². The molecule has 0 amide bonds. The van der Waals surface area contributed by atoms with Gasteiger partial charge >= 0.3 is 5.97 Å². The van der Waals surface area contributed by atoms with Crippen molar-refractivity contribution in [2.75, 3.05) is 13.2 Å². The Morgan fingerprint density at radius 3 is 2.39 bits per heavy atom. The van der Waals surface area contributed by atoms with E-state index in [0.717, 1.165) is 16.8 Å². The van der Waals surface area contributed by atoms with Crippen molar-refractivity contribution in [2.24, 2.45) is 0 Å². The van der Waals surface area contributed by atoms with Crippen LogP contribution in [0, 0.1) is 0 Å². The maximum absolute atomic E-state index is 10.7. The Hall–Kier alpha value is -3.57. The fourth-order valence-electron chi connectivity index (χ4n) is 3.13. The van der Waals surface area contributed by atoms with Crippen LogP contribution < -0.4 is 10.2 Å². The molecule has 5 nitrogen and oxygen atoms in total. The smallest absolute Gasteiger partial charge is 0.303 e. The molecule has 0 saturated carbocycles. The van der Waals surface area contributed by atoms with Gasteiger partial charge < -0.3 is 9.84 Å². The lowest BCUT2D eigenvalue weighted by atomic mass is 10.0. The molecule has 31 heavy (non-hydrogen) atoms. The van der Waals surface area contributed by atoms with Gasteiger partial charge in [-0.3, -0.25) is 15.1 Å². The van der Waals surface area contributed by atoms with Crippen molar-refractivity contribution >= 4 is 11.7 Å². The van der Waals surface area contributed by atoms with Gasteiger partial charge in [-0.25, -0.2) is 0 Å². The number of carbonyl (C=O) groups is 1. The van der Waals surface area contributed by atoms with Gasteiger partial charge in [-0.1, -0.05) is 72.8 Å². The number of hydrogen-bond acceptors (Lipinski definition) is 4. The van der Waals surface area contributed by atoms with Crippen molar-refractivity contribution in [3.05, 3.63) is 96.1 Å². The van der Waals surface area contributed by atoms with Crippen molar-refractivity contribution < 1.29 is 19.5 Å². The summed E-state index contributed by atoms with van der Waals surface area (Å²) in [5, 5.41) is 8.80. The quantitative estimate of drug-likeness (QED) is 0.326. The second-order valence-corrected chi connectivity index (χ2v) is 6.99. The third-order valence-corrected chi connectivity index (χ3v) is 4.75. The molecule has 0 saturated heterocycles. The summed E-state index contributed by atoms with van der Waals surface area (Å²) >= 11 is 0. The molecule has 3 aromatic rings. The van der Waals surface area contributed by atoms with Gasteiger partial charge in [0.2, 0.25) is 0 Å². The van der Waals surface area contributed by atoms with Gasteiger partial charge in [-0.05, 0) is 47.7 Å². The molecular weight excluding hydrogens is 390 g/mol. The molecular formula is C26H27NO4. The average Bonchev–Trinajstić information content (AvgIpc) is 2.81. The molecule has 0 aliphatic rings. The third kappa shape index (κ3) is 7.01. The molecule has 0 aliphatic heterocycles. The number of carboxylic acid groups (broad SMARTS) is 1. The van der Waals surface area contributed by atoms with Crippen LogP contribution in [0.1, 0.15) is 24.5 Å². The van der Waals surface area contributed by atoms with Crippen LogP contribution in [-0.4, -0.2) is 24.3 Å². The van der Waals surface area contributed by atoms with Crippen LogP contribution in [0.4, 0.5) is 0 Å². The van der Waals surface area contributed by atoms with Crippen molar-refractivity contribution in [1.82, 2.24) is 5.48 Å². The van der Waals surface area contributed by atoms with E-state index in [-0.39, 0.29) is 6.42 Å². The van der Waals surface area contributed by atoms with E-state index in [1.165, 1.54) is 11.1 Å². The average molecular weight is 418 g/mol. The Morgan fingerprint density at radius 1 is 0.935 bits per heavy atom. The Balaban J connectivity index is 1.44.